The molecule has 10 heteroatoms. The minimum Gasteiger partial charge on any atom is -0.504 e. The molecule has 0 saturated carbocycles. The molecule has 0 heterocycles. The van der Waals surface area contributed by atoms with E-state index in [1.165, 1.54) is 44.7 Å². The lowest BCUT2D eigenvalue weighted by Crippen LogP contribution is -2.20. The van der Waals surface area contributed by atoms with Crippen molar-refractivity contribution in [3.8, 4) is 23.0 Å². The highest BCUT2D eigenvalue weighted by molar-refractivity contribution is 5.97. The van der Waals surface area contributed by atoms with Crippen LogP contribution in [0, 0.1) is 0 Å². The van der Waals surface area contributed by atoms with E-state index < -0.39 is 18.2 Å². The summed E-state index contributed by atoms with van der Waals surface area (Å²) in [6.07, 6.45) is 0.736. The van der Waals surface area contributed by atoms with E-state index in [1.54, 1.807) is 12.1 Å². The quantitative estimate of drug-likeness (QED) is 0.288. The van der Waals surface area contributed by atoms with Crippen LogP contribution in [0.1, 0.15) is 12.0 Å². The molecule has 0 spiro atoms. The molecule has 2 aromatic rings. The molecule has 2 amide bonds. The number of nitrogens with one attached hydrogen (secondary N) is 1. The number of ether oxygens (including phenoxy) is 2. The molecule has 10 nitrogen and oxygen atoms in total. The van der Waals surface area contributed by atoms with Gasteiger partial charge < -0.3 is 19.7 Å². The number of carbonyl (C=O) groups is 2. The summed E-state index contributed by atoms with van der Waals surface area (Å²) in [6, 6.07) is 8.79. The molecule has 2 rings (SSSR count). The maximum atomic E-state index is 11.7. The Labute approximate surface area is 160 Å². The first-order chi connectivity index (χ1) is 13.4. The molecule has 0 saturated heterocycles. The predicted octanol–water partition coefficient (Wildman–Crippen LogP) is 2.27. The van der Waals surface area contributed by atoms with Crippen LogP contribution in [0.3, 0.4) is 0 Å². The number of nitrogens with zero attached hydrogens (tertiary/aromatic N) is 3. The summed E-state index contributed by atoms with van der Waals surface area (Å²) in [4.78, 5) is 23.4. The van der Waals surface area contributed by atoms with E-state index in [9.17, 15) is 19.8 Å². The van der Waals surface area contributed by atoms with Gasteiger partial charge in [0.25, 0.3) is 5.91 Å². The molecule has 3 N–H and O–H groups in total. The Morgan fingerprint density at radius 3 is 2.29 bits per heavy atom. The lowest BCUT2D eigenvalue weighted by atomic mass is 10.2. The SMILES string of the molecule is COc1ccc(/C=N/NC(=O)CC(=O)N=Nc2ccc(OC)c(O)c2)cc1O. The van der Waals surface area contributed by atoms with Gasteiger partial charge in [-0.1, -0.05) is 0 Å². The van der Waals surface area contributed by atoms with Crippen molar-refractivity contribution in [3.05, 3.63) is 42.0 Å². The van der Waals surface area contributed by atoms with Gasteiger partial charge >= 0.3 is 0 Å². The third-order valence-corrected chi connectivity index (χ3v) is 3.36. The number of hydrogen-bond acceptors (Lipinski definition) is 8. The van der Waals surface area contributed by atoms with Crippen molar-refractivity contribution >= 4 is 23.7 Å². The molecular weight excluding hydrogens is 368 g/mol. The van der Waals surface area contributed by atoms with Crippen molar-refractivity contribution in [2.75, 3.05) is 14.2 Å². The van der Waals surface area contributed by atoms with E-state index >= 15 is 0 Å². The number of methoxy groups -OCH3 is 2. The number of amides is 2. The number of phenolic OH excluding ortho intramolecular Hbond substituents is 2. The minimum atomic E-state index is -0.787. The van der Waals surface area contributed by atoms with Gasteiger partial charge in [-0.2, -0.15) is 5.10 Å². The Balaban J connectivity index is 1.86. The van der Waals surface area contributed by atoms with Crippen LogP contribution in [0.15, 0.2) is 51.7 Å². The average molecular weight is 386 g/mol. The number of carbonyl (C=O) groups excluding carboxylic acids is 2. The third-order valence-electron chi connectivity index (χ3n) is 3.36. The molecule has 0 aromatic heterocycles. The van der Waals surface area contributed by atoms with E-state index in [2.05, 4.69) is 20.8 Å². The largest absolute Gasteiger partial charge is 0.504 e. The molecule has 0 radical (unpaired) electrons. The summed E-state index contributed by atoms with van der Waals surface area (Å²) in [6.45, 7) is 0. The normalized spacial score (nSPS) is 10.9. The zero-order valence-electron chi connectivity index (χ0n) is 15.1. The molecule has 0 atom stereocenters. The van der Waals surface area contributed by atoms with Gasteiger partial charge in [0, 0.05) is 6.07 Å². The number of rotatable bonds is 7. The lowest BCUT2D eigenvalue weighted by molar-refractivity contribution is -0.127. The molecule has 0 unspecified atom stereocenters. The van der Waals surface area contributed by atoms with Gasteiger partial charge in [0.05, 0.1) is 26.1 Å². The van der Waals surface area contributed by atoms with Crippen molar-refractivity contribution < 1.29 is 29.3 Å². The first kappa shape index (κ1) is 20.4. The Bertz CT molecular complexity index is 926. The number of benzene rings is 2. The van der Waals surface area contributed by atoms with Crippen LogP contribution in [0.25, 0.3) is 0 Å². The molecule has 28 heavy (non-hydrogen) atoms. The second-order valence-corrected chi connectivity index (χ2v) is 5.35. The Morgan fingerprint density at radius 2 is 1.68 bits per heavy atom. The van der Waals surface area contributed by atoms with Crippen LogP contribution in [-0.4, -0.2) is 42.5 Å². The monoisotopic (exact) mass is 386 g/mol. The second kappa shape index (κ2) is 9.67. The Hall–Kier alpha value is -3.95. The Morgan fingerprint density at radius 1 is 1.04 bits per heavy atom. The highest BCUT2D eigenvalue weighted by Gasteiger charge is 2.08. The van der Waals surface area contributed by atoms with Gasteiger partial charge in [-0.25, -0.2) is 5.43 Å². The highest BCUT2D eigenvalue weighted by atomic mass is 16.5. The number of aromatic hydroxyl groups is 2. The predicted molar refractivity (Wildman–Crippen MR) is 99.2 cm³/mol. The van der Waals surface area contributed by atoms with Crippen molar-refractivity contribution in [2.24, 2.45) is 15.3 Å². The van der Waals surface area contributed by atoms with Crippen LogP contribution in [-0.2, 0) is 9.59 Å². The van der Waals surface area contributed by atoms with Crippen LogP contribution in [0.4, 0.5) is 5.69 Å². The van der Waals surface area contributed by atoms with E-state index in [4.69, 9.17) is 9.47 Å². The molecule has 146 valence electrons. The summed E-state index contributed by atoms with van der Waals surface area (Å²) in [7, 11) is 2.83. The second-order valence-electron chi connectivity index (χ2n) is 5.35. The van der Waals surface area contributed by atoms with Crippen molar-refractivity contribution in [1.82, 2.24) is 5.43 Å². The topological polar surface area (TPSA) is 142 Å². The van der Waals surface area contributed by atoms with Gasteiger partial charge in [-0.15, -0.1) is 10.2 Å². The van der Waals surface area contributed by atoms with Gasteiger partial charge in [-0.05, 0) is 35.9 Å². The number of hydrazone groups is 1. The third kappa shape index (κ3) is 5.80. The van der Waals surface area contributed by atoms with Gasteiger partial charge in [0.1, 0.15) is 6.42 Å². The maximum Gasteiger partial charge on any atom is 0.274 e. The molecule has 0 aliphatic rings. The smallest absolute Gasteiger partial charge is 0.274 e. The highest BCUT2D eigenvalue weighted by Crippen LogP contribution is 2.30. The molecule has 0 fully saturated rings. The summed E-state index contributed by atoms with van der Waals surface area (Å²) in [5, 5.41) is 30.0. The van der Waals surface area contributed by atoms with E-state index in [1.807, 2.05) is 0 Å². The standard InChI is InChI=1S/C18H18N4O6/c1-27-15-5-3-11(7-13(15)23)10-19-21-17(25)9-18(26)22-20-12-4-6-16(28-2)14(24)8-12/h3-8,10,23-24H,9H2,1-2H3,(H,21,25)/b19-10+,22-20?. The minimum absolute atomic E-state index is 0.0714. The van der Waals surface area contributed by atoms with Crippen LogP contribution in [0.2, 0.25) is 0 Å². The maximum absolute atomic E-state index is 11.7. The lowest BCUT2D eigenvalue weighted by Gasteiger charge is -2.03. The zero-order valence-corrected chi connectivity index (χ0v) is 15.1. The fourth-order valence-electron chi connectivity index (χ4n) is 2.03. The summed E-state index contributed by atoms with van der Waals surface area (Å²) >= 11 is 0. The average Bonchev–Trinajstić information content (AvgIpc) is 2.66. The molecular formula is C18H18N4O6. The van der Waals surface area contributed by atoms with Crippen molar-refractivity contribution in [1.29, 1.82) is 0 Å². The molecule has 0 aliphatic heterocycles. The number of hydrogen-bond donors (Lipinski definition) is 3. The van der Waals surface area contributed by atoms with Crippen molar-refractivity contribution in [3.63, 3.8) is 0 Å². The van der Waals surface area contributed by atoms with Crippen LogP contribution >= 0.6 is 0 Å². The molecule has 2 aromatic carbocycles. The first-order valence-corrected chi connectivity index (χ1v) is 7.93. The zero-order chi connectivity index (χ0) is 20.5. The van der Waals surface area contributed by atoms with Crippen LogP contribution in [0.5, 0.6) is 23.0 Å². The first-order valence-electron chi connectivity index (χ1n) is 7.93. The van der Waals surface area contributed by atoms with Crippen LogP contribution < -0.4 is 14.9 Å². The van der Waals surface area contributed by atoms with Gasteiger partial charge in [0.15, 0.2) is 23.0 Å². The van der Waals surface area contributed by atoms with E-state index in [0.717, 1.165) is 0 Å². The fourth-order valence-corrected chi connectivity index (χ4v) is 2.03. The fraction of sp³-hybridized carbons (Fsp3) is 0.167. The van der Waals surface area contributed by atoms with E-state index in [0.29, 0.717) is 11.3 Å². The molecule has 0 bridgehead atoms. The summed E-state index contributed by atoms with van der Waals surface area (Å²) in [5.41, 5.74) is 2.91. The molecule has 0 aliphatic carbocycles. The Kier molecular flexibility index (Phi) is 7.03. The van der Waals surface area contributed by atoms with Gasteiger partial charge in [-0.3, -0.25) is 9.59 Å². The summed E-state index contributed by atoms with van der Waals surface area (Å²) in [5.74, 6) is -1.13. The van der Waals surface area contributed by atoms with Gasteiger partial charge in [0.2, 0.25) is 5.91 Å². The van der Waals surface area contributed by atoms with Crippen molar-refractivity contribution in [2.45, 2.75) is 6.42 Å². The summed E-state index contributed by atoms with van der Waals surface area (Å²) < 4.78 is 9.81. The van der Waals surface area contributed by atoms with E-state index in [-0.39, 0.29) is 22.9 Å². The number of azo groups is 1. The number of phenols is 2.